The SMILES string of the molecule is O=C(O)SCS/C=C\CN1C(=O)CCC[C@@H]1/C=C/C(O)Cc1ccccc1. The van der Waals surface area contributed by atoms with Crippen molar-refractivity contribution >= 4 is 34.7 Å². The molecule has 7 heteroatoms. The smallest absolute Gasteiger partial charge is 0.365 e. The molecule has 1 unspecified atom stereocenters. The summed E-state index contributed by atoms with van der Waals surface area (Å²) in [4.78, 5) is 24.5. The van der Waals surface area contributed by atoms with Gasteiger partial charge in [0.2, 0.25) is 5.91 Å². The van der Waals surface area contributed by atoms with E-state index in [1.165, 1.54) is 11.8 Å². The normalized spacial score (nSPS) is 19.1. The quantitative estimate of drug-likeness (QED) is 0.364. The Morgan fingerprint density at radius 1 is 1.33 bits per heavy atom. The Morgan fingerprint density at radius 2 is 2.11 bits per heavy atom. The molecule has 1 aromatic carbocycles. The molecule has 2 rings (SSSR count). The largest absolute Gasteiger partial charge is 0.473 e. The van der Waals surface area contributed by atoms with Gasteiger partial charge in [0, 0.05) is 19.4 Å². The summed E-state index contributed by atoms with van der Waals surface area (Å²) in [6.45, 7) is 0.493. The van der Waals surface area contributed by atoms with Crippen LogP contribution in [0.4, 0.5) is 4.79 Å². The van der Waals surface area contributed by atoms with Crippen molar-refractivity contribution < 1.29 is 19.8 Å². The van der Waals surface area contributed by atoms with Gasteiger partial charge in [0.15, 0.2) is 0 Å². The van der Waals surface area contributed by atoms with E-state index in [1.807, 2.05) is 52.8 Å². The number of aliphatic hydroxyl groups is 1. The Labute approximate surface area is 168 Å². The van der Waals surface area contributed by atoms with Crippen molar-refractivity contribution in [2.24, 2.45) is 0 Å². The number of carbonyl (C=O) groups is 2. The van der Waals surface area contributed by atoms with Gasteiger partial charge in [0.05, 0.1) is 17.2 Å². The summed E-state index contributed by atoms with van der Waals surface area (Å²) in [6, 6.07) is 9.81. The maximum absolute atomic E-state index is 12.3. The van der Waals surface area contributed by atoms with Crippen LogP contribution in [0.2, 0.25) is 0 Å². The molecule has 1 fully saturated rings. The van der Waals surface area contributed by atoms with Gasteiger partial charge in [0.1, 0.15) is 0 Å². The van der Waals surface area contributed by atoms with Crippen LogP contribution in [0.25, 0.3) is 0 Å². The van der Waals surface area contributed by atoms with Gasteiger partial charge in [-0.3, -0.25) is 4.79 Å². The van der Waals surface area contributed by atoms with Crippen LogP contribution in [0.1, 0.15) is 24.8 Å². The van der Waals surface area contributed by atoms with Crippen molar-refractivity contribution in [1.29, 1.82) is 0 Å². The predicted octanol–water partition coefficient (Wildman–Crippen LogP) is 4.14. The molecule has 0 spiro atoms. The third kappa shape index (κ3) is 8.24. The molecule has 27 heavy (non-hydrogen) atoms. The van der Waals surface area contributed by atoms with Crippen LogP contribution < -0.4 is 0 Å². The van der Waals surface area contributed by atoms with Crippen LogP contribution in [0, 0.1) is 0 Å². The summed E-state index contributed by atoms with van der Waals surface area (Å²) in [5.74, 6) is 0.114. The van der Waals surface area contributed by atoms with Crippen LogP contribution >= 0.6 is 23.5 Å². The van der Waals surface area contributed by atoms with E-state index >= 15 is 0 Å². The van der Waals surface area contributed by atoms with E-state index in [0.29, 0.717) is 24.5 Å². The lowest BCUT2D eigenvalue weighted by Gasteiger charge is -2.33. The molecule has 0 bridgehead atoms. The van der Waals surface area contributed by atoms with Gasteiger partial charge in [-0.05, 0) is 35.6 Å². The number of piperidine rings is 1. The van der Waals surface area contributed by atoms with E-state index in [1.54, 1.807) is 6.08 Å². The van der Waals surface area contributed by atoms with Gasteiger partial charge in [-0.1, -0.05) is 48.6 Å². The summed E-state index contributed by atoms with van der Waals surface area (Å²) in [5, 5.41) is 20.2. The fourth-order valence-electron chi connectivity index (χ4n) is 2.91. The lowest BCUT2D eigenvalue weighted by Crippen LogP contribution is -2.42. The number of rotatable bonds is 9. The van der Waals surface area contributed by atoms with Crippen LogP contribution in [0.15, 0.2) is 54.0 Å². The number of thioether (sulfide) groups is 2. The van der Waals surface area contributed by atoms with Crippen LogP contribution in [0.5, 0.6) is 0 Å². The topological polar surface area (TPSA) is 77.8 Å². The summed E-state index contributed by atoms with van der Waals surface area (Å²) in [6.07, 6.45) is 7.87. The third-order valence-electron chi connectivity index (χ3n) is 4.20. The lowest BCUT2D eigenvalue weighted by atomic mass is 9.99. The van der Waals surface area contributed by atoms with E-state index in [-0.39, 0.29) is 11.9 Å². The maximum Gasteiger partial charge on any atom is 0.365 e. The first kappa shape index (κ1) is 21.6. The molecule has 0 saturated carbocycles. The van der Waals surface area contributed by atoms with E-state index < -0.39 is 11.4 Å². The molecular weight excluding hydrogens is 382 g/mol. The van der Waals surface area contributed by atoms with Gasteiger partial charge >= 0.3 is 5.30 Å². The minimum atomic E-state index is -0.888. The van der Waals surface area contributed by atoms with Gasteiger partial charge < -0.3 is 15.1 Å². The lowest BCUT2D eigenvalue weighted by molar-refractivity contribution is -0.134. The minimum Gasteiger partial charge on any atom is -0.473 e. The highest BCUT2D eigenvalue weighted by atomic mass is 32.2. The number of carbonyl (C=O) groups excluding carboxylic acids is 1. The van der Waals surface area contributed by atoms with Crippen molar-refractivity contribution in [3.8, 4) is 0 Å². The number of amides is 1. The number of hydrogen-bond acceptors (Lipinski definition) is 5. The number of likely N-dealkylation sites (tertiary alicyclic amines) is 1. The number of aliphatic hydroxyl groups excluding tert-OH is 1. The summed E-state index contributed by atoms with van der Waals surface area (Å²) in [5.41, 5.74) is 1.07. The second kappa shape index (κ2) is 11.9. The molecule has 2 atom stereocenters. The standard InChI is InChI=1S/C20H25NO4S2/c22-18(14-16-6-2-1-3-7-16)11-10-17-8-4-9-19(23)21(17)12-5-13-26-15-27-20(24)25/h1-3,5-7,10-11,13,17-18,22H,4,8-9,12,14-15H2,(H,24,25)/b11-10+,13-5-/t17-,18?/m1/s1. The Hall–Kier alpha value is -1.70. The number of carboxylic acid groups (broad SMARTS) is 1. The Balaban J connectivity index is 1.85. The molecule has 2 N–H and O–H groups in total. The number of nitrogens with zero attached hydrogens (tertiary/aromatic N) is 1. The fourth-order valence-corrected chi connectivity index (χ4v) is 4.12. The van der Waals surface area contributed by atoms with Crippen molar-refractivity contribution in [1.82, 2.24) is 4.90 Å². The Kier molecular flexibility index (Phi) is 9.52. The molecule has 1 heterocycles. The van der Waals surface area contributed by atoms with Gasteiger partial charge in [-0.2, -0.15) is 0 Å². The van der Waals surface area contributed by atoms with Gasteiger partial charge in [0.25, 0.3) is 0 Å². The second-order valence-corrected chi connectivity index (χ2v) is 8.40. The minimum absolute atomic E-state index is 0.0142. The summed E-state index contributed by atoms with van der Waals surface area (Å²) >= 11 is 2.24. The molecule has 0 aliphatic carbocycles. The highest BCUT2D eigenvalue weighted by Crippen LogP contribution is 2.20. The molecule has 1 aliphatic heterocycles. The zero-order chi connectivity index (χ0) is 19.5. The predicted molar refractivity (Wildman–Crippen MR) is 112 cm³/mol. The van der Waals surface area contributed by atoms with Crippen LogP contribution in [-0.4, -0.2) is 50.1 Å². The molecule has 1 amide bonds. The van der Waals surface area contributed by atoms with Crippen molar-refractivity contribution in [2.75, 3.05) is 11.6 Å². The first-order valence-corrected chi connectivity index (χ1v) is 10.9. The summed E-state index contributed by atoms with van der Waals surface area (Å²) < 4.78 is 0. The molecule has 1 aliphatic rings. The number of benzene rings is 1. The highest BCUT2D eigenvalue weighted by molar-refractivity contribution is 8.24. The van der Waals surface area contributed by atoms with E-state index in [4.69, 9.17) is 5.11 Å². The second-order valence-electron chi connectivity index (χ2n) is 6.21. The maximum atomic E-state index is 12.3. The molecule has 1 aromatic rings. The van der Waals surface area contributed by atoms with Crippen LogP contribution in [-0.2, 0) is 11.2 Å². The first-order valence-electron chi connectivity index (χ1n) is 8.88. The van der Waals surface area contributed by atoms with Gasteiger partial charge in [-0.25, -0.2) is 4.79 Å². The molecule has 0 aromatic heterocycles. The average Bonchev–Trinajstić information content (AvgIpc) is 2.65. The zero-order valence-electron chi connectivity index (χ0n) is 15.1. The average molecular weight is 408 g/mol. The van der Waals surface area contributed by atoms with E-state index in [2.05, 4.69) is 0 Å². The van der Waals surface area contributed by atoms with E-state index in [9.17, 15) is 14.7 Å². The molecule has 5 nitrogen and oxygen atoms in total. The monoisotopic (exact) mass is 407 g/mol. The Bertz CT molecular complexity index is 663. The molecule has 0 radical (unpaired) electrons. The van der Waals surface area contributed by atoms with Crippen molar-refractivity contribution in [3.05, 3.63) is 59.5 Å². The number of hydrogen-bond donors (Lipinski definition) is 2. The molecular formula is C20H25NO4S2. The van der Waals surface area contributed by atoms with Crippen LogP contribution in [0.3, 0.4) is 0 Å². The molecule has 146 valence electrons. The first-order chi connectivity index (χ1) is 13.1. The zero-order valence-corrected chi connectivity index (χ0v) is 16.7. The van der Waals surface area contributed by atoms with Crippen molar-refractivity contribution in [2.45, 2.75) is 37.8 Å². The third-order valence-corrected chi connectivity index (χ3v) is 5.85. The fraction of sp³-hybridized carbons (Fsp3) is 0.400. The molecule has 1 saturated heterocycles. The van der Waals surface area contributed by atoms with Crippen molar-refractivity contribution in [3.63, 3.8) is 0 Å². The highest BCUT2D eigenvalue weighted by Gasteiger charge is 2.25. The van der Waals surface area contributed by atoms with Gasteiger partial charge in [-0.15, -0.1) is 11.8 Å². The summed E-state index contributed by atoms with van der Waals surface area (Å²) in [7, 11) is 0. The Morgan fingerprint density at radius 3 is 2.85 bits per heavy atom. The van der Waals surface area contributed by atoms with E-state index in [0.717, 1.165) is 30.2 Å².